The molecule has 2 heterocycles. The number of hydrogen-bond acceptors (Lipinski definition) is 3. The molecule has 0 aliphatic heterocycles. The van der Waals surface area contributed by atoms with Crippen molar-refractivity contribution >= 4 is 17.2 Å². The van der Waals surface area contributed by atoms with Crippen LogP contribution in [0.4, 0.5) is 19.0 Å². The molecule has 0 unspecified atom stereocenters. The van der Waals surface area contributed by atoms with Crippen molar-refractivity contribution in [3.63, 3.8) is 0 Å². The van der Waals surface area contributed by atoms with E-state index in [4.69, 9.17) is 0 Å². The highest BCUT2D eigenvalue weighted by Gasteiger charge is 2.32. The molecule has 0 saturated carbocycles. The van der Waals surface area contributed by atoms with Crippen LogP contribution in [0.3, 0.4) is 0 Å². The minimum Gasteiger partial charge on any atom is -0.370 e. The fourth-order valence-electron chi connectivity index (χ4n) is 1.46. The number of alkyl halides is 3. The Kier molecular flexibility index (Phi) is 3.86. The molecule has 2 nitrogen and oxygen atoms in total. The van der Waals surface area contributed by atoms with Crippen molar-refractivity contribution in [2.45, 2.75) is 12.6 Å². The first-order valence-electron chi connectivity index (χ1n) is 5.36. The first-order chi connectivity index (χ1) is 8.55. The molecular formula is C12H11F3N2S. The van der Waals surface area contributed by atoms with E-state index < -0.39 is 11.9 Å². The van der Waals surface area contributed by atoms with Gasteiger partial charge in [0.2, 0.25) is 0 Å². The zero-order valence-electron chi connectivity index (χ0n) is 9.37. The summed E-state index contributed by atoms with van der Waals surface area (Å²) >= 11 is 1.63. The Bertz CT molecular complexity index is 494. The lowest BCUT2D eigenvalue weighted by molar-refractivity contribution is -0.141. The van der Waals surface area contributed by atoms with E-state index in [9.17, 15) is 13.2 Å². The maximum atomic E-state index is 12.4. The van der Waals surface area contributed by atoms with Crippen molar-refractivity contribution < 1.29 is 13.2 Å². The molecule has 0 radical (unpaired) electrons. The molecule has 0 atom stereocenters. The highest BCUT2D eigenvalue weighted by Crippen LogP contribution is 2.28. The van der Waals surface area contributed by atoms with Gasteiger partial charge < -0.3 is 5.32 Å². The molecule has 18 heavy (non-hydrogen) atoms. The quantitative estimate of drug-likeness (QED) is 0.915. The van der Waals surface area contributed by atoms with Crippen LogP contribution in [0.15, 0.2) is 35.7 Å². The van der Waals surface area contributed by atoms with Gasteiger partial charge in [0.15, 0.2) is 0 Å². The number of aromatic nitrogens is 1. The molecular weight excluding hydrogens is 261 g/mol. The Labute approximate surface area is 106 Å². The van der Waals surface area contributed by atoms with Gasteiger partial charge in [0.05, 0.1) is 0 Å². The van der Waals surface area contributed by atoms with Crippen molar-refractivity contribution in [1.82, 2.24) is 4.98 Å². The summed E-state index contributed by atoms with van der Waals surface area (Å²) < 4.78 is 37.3. The monoisotopic (exact) mass is 272 g/mol. The van der Waals surface area contributed by atoms with Gasteiger partial charge in [-0.3, -0.25) is 0 Å². The smallest absolute Gasteiger partial charge is 0.370 e. The van der Waals surface area contributed by atoms with Crippen molar-refractivity contribution in [3.05, 3.63) is 46.3 Å². The molecule has 0 amide bonds. The average Bonchev–Trinajstić information content (AvgIpc) is 2.81. The van der Waals surface area contributed by atoms with Crippen molar-refractivity contribution in [2.75, 3.05) is 11.9 Å². The molecule has 2 rings (SSSR count). The van der Waals surface area contributed by atoms with Gasteiger partial charge in [0, 0.05) is 11.4 Å². The molecule has 2 aromatic rings. The summed E-state index contributed by atoms with van der Waals surface area (Å²) in [7, 11) is 0. The van der Waals surface area contributed by atoms with E-state index in [-0.39, 0.29) is 5.82 Å². The normalized spacial score (nSPS) is 11.5. The maximum Gasteiger partial charge on any atom is 0.433 e. The predicted molar refractivity (Wildman–Crippen MR) is 65.8 cm³/mol. The van der Waals surface area contributed by atoms with Crippen LogP contribution in [-0.4, -0.2) is 11.5 Å². The van der Waals surface area contributed by atoms with Gasteiger partial charge in [-0.2, -0.15) is 13.2 Å². The number of thiophene rings is 1. The number of rotatable bonds is 4. The van der Waals surface area contributed by atoms with Crippen molar-refractivity contribution in [1.29, 1.82) is 0 Å². The number of hydrogen-bond donors (Lipinski definition) is 1. The van der Waals surface area contributed by atoms with Gasteiger partial charge in [-0.05, 0) is 30.0 Å². The van der Waals surface area contributed by atoms with Gasteiger partial charge in [-0.1, -0.05) is 12.1 Å². The molecule has 1 N–H and O–H groups in total. The highest BCUT2D eigenvalue weighted by molar-refractivity contribution is 7.09. The minimum absolute atomic E-state index is 0.251. The predicted octanol–water partition coefficient (Wildman–Crippen LogP) is 3.82. The largest absolute Gasteiger partial charge is 0.433 e. The summed E-state index contributed by atoms with van der Waals surface area (Å²) in [6, 6.07) is 7.78. The number of pyridine rings is 1. The average molecular weight is 272 g/mol. The van der Waals surface area contributed by atoms with Crippen LogP contribution in [-0.2, 0) is 12.6 Å². The van der Waals surface area contributed by atoms with Crippen LogP contribution in [0.1, 0.15) is 10.6 Å². The first kappa shape index (κ1) is 12.9. The molecule has 0 aromatic carbocycles. The number of nitrogens with one attached hydrogen (secondary N) is 1. The van der Waals surface area contributed by atoms with E-state index in [1.807, 2.05) is 17.5 Å². The zero-order chi connectivity index (χ0) is 13.0. The molecule has 0 spiro atoms. The molecule has 6 heteroatoms. The first-order valence-corrected chi connectivity index (χ1v) is 6.24. The van der Waals surface area contributed by atoms with E-state index in [2.05, 4.69) is 10.3 Å². The summed E-state index contributed by atoms with van der Waals surface area (Å²) in [5, 5.41) is 4.86. The second-order valence-corrected chi connectivity index (χ2v) is 4.69. The summed E-state index contributed by atoms with van der Waals surface area (Å²) in [6.07, 6.45) is -3.62. The third kappa shape index (κ3) is 3.46. The summed E-state index contributed by atoms with van der Waals surface area (Å²) in [5.74, 6) is 0.251. The lowest BCUT2D eigenvalue weighted by Gasteiger charge is -2.09. The van der Waals surface area contributed by atoms with Gasteiger partial charge in [0.1, 0.15) is 11.5 Å². The Morgan fingerprint density at radius 1 is 1.17 bits per heavy atom. The van der Waals surface area contributed by atoms with Gasteiger partial charge >= 0.3 is 6.18 Å². The molecule has 0 saturated heterocycles. The molecule has 0 aliphatic carbocycles. The van der Waals surface area contributed by atoms with E-state index in [0.29, 0.717) is 6.54 Å². The standard InChI is InChI=1S/C12H11F3N2S/c13-12(14,15)10-4-1-5-11(17-10)16-7-6-9-3-2-8-18-9/h1-5,8H,6-7H2,(H,16,17). The Balaban J connectivity index is 1.93. The summed E-state index contributed by atoms with van der Waals surface area (Å²) in [5.41, 5.74) is -0.872. The number of nitrogens with zero attached hydrogens (tertiary/aromatic N) is 1. The van der Waals surface area contributed by atoms with E-state index >= 15 is 0 Å². The summed E-state index contributed by atoms with van der Waals surface area (Å²) in [4.78, 5) is 4.72. The molecule has 0 aliphatic rings. The van der Waals surface area contributed by atoms with Gasteiger partial charge in [-0.25, -0.2) is 4.98 Å². The minimum atomic E-state index is -4.40. The fourth-order valence-corrected chi connectivity index (χ4v) is 2.17. The van der Waals surface area contributed by atoms with Gasteiger partial charge in [-0.15, -0.1) is 11.3 Å². The SMILES string of the molecule is FC(F)(F)c1cccc(NCCc2cccs2)n1. The van der Waals surface area contributed by atoms with Gasteiger partial charge in [0.25, 0.3) is 0 Å². The van der Waals surface area contributed by atoms with Crippen LogP contribution in [0.5, 0.6) is 0 Å². The lowest BCUT2D eigenvalue weighted by Crippen LogP contribution is -2.11. The lowest BCUT2D eigenvalue weighted by atomic mass is 10.3. The third-order valence-electron chi connectivity index (χ3n) is 2.30. The number of halogens is 3. The zero-order valence-corrected chi connectivity index (χ0v) is 10.2. The van der Waals surface area contributed by atoms with E-state index in [1.54, 1.807) is 11.3 Å². The summed E-state index contributed by atoms with van der Waals surface area (Å²) in [6.45, 7) is 0.564. The Morgan fingerprint density at radius 3 is 2.67 bits per heavy atom. The molecule has 0 bridgehead atoms. The van der Waals surface area contributed by atoms with Crippen molar-refractivity contribution in [2.24, 2.45) is 0 Å². The maximum absolute atomic E-state index is 12.4. The fraction of sp³-hybridized carbons (Fsp3) is 0.250. The van der Waals surface area contributed by atoms with Crippen LogP contribution in [0, 0.1) is 0 Å². The second kappa shape index (κ2) is 5.39. The van der Waals surface area contributed by atoms with Crippen LogP contribution in [0.25, 0.3) is 0 Å². The molecule has 0 fully saturated rings. The molecule has 96 valence electrons. The van der Waals surface area contributed by atoms with Crippen LogP contribution < -0.4 is 5.32 Å². The Morgan fingerprint density at radius 2 is 2.00 bits per heavy atom. The topological polar surface area (TPSA) is 24.9 Å². The Hall–Kier alpha value is -1.56. The van der Waals surface area contributed by atoms with E-state index in [1.165, 1.54) is 17.0 Å². The second-order valence-electron chi connectivity index (χ2n) is 3.66. The number of anilines is 1. The molecule has 2 aromatic heterocycles. The highest BCUT2D eigenvalue weighted by atomic mass is 32.1. The van der Waals surface area contributed by atoms with Crippen LogP contribution >= 0.6 is 11.3 Å². The van der Waals surface area contributed by atoms with Crippen LogP contribution in [0.2, 0.25) is 0 Å². The third-order valence-corrected chi connectivity index (χ3v) is 3.23. The van der Waals surface area contributed by atoms with E-state index in [0.717, 1.165) is 12.5 Å². The van der Waals surface area contributed by atoms with Crippen molar-refractivity contribution in [3.8, 4) is 0 Å².